The summed E-state index contributed by atoms with van der Waals surface area (Å²) in [5, 5.41) is 6.00. The van der Waals surface area contributed by atoms with Gasteiger partial charge in [0.1, 0.15) is 18.0 Å². The number of halogens is 3. The maximum Gasteiger partial charge on any atom is 0.405 e. The molecule has 0 bridgehead atoms. The van der Waals surface area contributed by atoms with Gasteiger partial charge in [-0.15, -0.1) is 0 Å². The van der Waals surface area contributed by atoms with Crippen LogP contribution in [0.25, 0.3) is 22.4 Å². The standard InChI is InChI=1S/C17H21N5.C3H4F3NO/c1-11(2)17(3,4)22-14-7-9-19-16(21-14)13-10-20-15-12(13)6-5-8-18-15;4-3(5,6)1-7-2-8/h5-11H,1-4H3,(H,18,20)(H,19,21,22);2H,1H2,(H,7,8). The first-order valence-electron chi connectivity index (χ1n) is 9.31. The van der Waals surface area contributed by atoms with Crippen molar-refractivity contribution in [2.75, 3.05) is 11.9 Å². The zero-order valence-electron chi connectivity index (χ0n) is 17.2. The van der Waals surface area contributed by atoms with E-state index in [0.29, 0.717) is 11.7 Å². The lowest BCUT2D eigenvalue weighted by molar-refractivity contribution is -0.132. The normalized spacial score (nSPS) is 11.7. The molecule has 0 saturated carbocycles. The molecule has 3 N–H and O–H groups in total. The molecule has 0 aliphatic carbocycles. The van der Waals surface area contributed by atoms with Gasteiger partial charge in [0, 0.05) is 35.1 Å². The molecule has 162 valence electrons. The van der Waals surface area contributed by atoms with Crippen molar-refractivity contribution in [2.45, 2.75) is 39.4 Å². The highest BCUT2D eigenvalue weighted by molar-refractivity contribution is 5.91. The van der Waals surface area contributed by atoms with Crippen LogP contribution in [-0.4, -0.2) is 44.6 Å². The highest BCUT2D eigenvalue weighted by Gasteiger charge is 2.26. The summed E-state index contributed by atoms with van der Waals surface area (Å²) in [6, 6.07) is 5.85. The van der Waals surface area contributed by atoms with Gasteiger partial charge < -0.3 is 15.6 Å². The largest absolute Gasteiger partial charge is 0.405 e. The number of nitrogens with zero attached hydrogens (tertiary/aromatic N) is 3. The van der Waals surface area contributed by atoms with Gasteiger partial charge in [0.25, 0.3) is 0 Å². The zero-order chi connectivity index (χ0) is 22.4. The predicted molar refractivity (Wildman–Crippen MR) is 110 cm³/mol. The smallest absolute Gasteiger partial charge is 0.365 e. The van der Waals surface area contributed by atoms with Crippen LogP contribution >= 0.6 is 0 Å². The van der Waals surface area contributed by atoms with Crippen molar-refractivity contribution in [3.05, 3.63) is 36.8 Å². The molecule has 0 atom stereocenters. The van der Waals surface area contributed by atoms with E-state index >= 15 is 0 Å². The van der Waals surface area contributed by atoms with Gasteiger partial charge in [-0.05, 0) is 38.0 Å². The van der Waals surface area contributed by atoms with Crippen molar-refractivity contribution in [3.8, 4) is 11.4 Å². The molecule has 7 nitrogen and oxygen atoms in total. The highest BCUT2D eigenvalue weighted by Crippen LogP contribution is 2.26. The fourth-order valence-corrected chi connectivity index (χ4v) is 2.33. The third-order valence-electron chi connectivity index (χ3n) is 4.63. The van der Waals surface area contributed by atoms with Gasteiger partial charge in [0.15, 0.2) is 5.82 Å². The van der Waals surface area contributed by atoms with Crippen molar-refractivity contribution in [2.24, 2.45) is 5.92 Å². The summed E-state index contributed by atoms with van der Waals surface area (Å²) < 4.78 is 33.1. The number of H-pyrrole nitrogens is 1. The van der Waals surface area contributed by atoms with Crippen molar-refractivity contribution in [1.29, 1.82) is 0 Å². The summed E-state index contributed by atoms with van der Waals surface area (Å²) in [7, 11) is 0. The van der Waals surface area contributed by atoms with Gasteiger partial charge in [-0.25, -0.2) is 15.0 Å². The second-order valence-electron chi connectivity index (χ2n) is 7.48. The number of carbonyl (C=O) groups is 1. The Morgan fingerprint density at radius 3 is 2.50 bits per heavy atom. The van der Waals surface area contributed by atoms with Crippen LogP contribution in [0, 0.1) is 5.92 Å². The molecule has 30 heavy (non-hydrogen) atoms. The van der Waals surface area contributed by atoms with Crippen molar-refractivity contribution in [3.63, 3.8) is 0 Å². The number of aromatic nitrogens is 4. The molecule has 0 spiro atoms. The van der Waals surface area contributed by atoms with Gasteiger partial charge in [0.05, 0.1) is 0 Å². The van der Waals surface area contributed by atoms with E-state index < -0.39 is 12.7 Å². The monoisotopic (exact) mass is 422 g/mol. The summed E-state index contributed by atoms with van der Waals surface area (Å²) >= 11 is 0. The molecule has 3 heterocycles. The zero-order valence-corrected chi connectivity index (χ0v) is 17.2. The maximum absolute atomic E-state index is 11.0. The minimum Gasteiger partial charge on any atom is -0.365 e. The first-order valence-corrected chi connectivity index (χ1v) is 9.31. The molecule has 3 aromatic rings. The van der Waals surface area contributed by atoms with Crippen molar-refractivity contribution < 1.29 is 18.0 Å². The number of pyridine rings is 1. The Morgan fingerprint density at radius 1 is 1.17 bits per heavy atom. The van der Waals surface area contributed by atoms with Crippen molar-refractivity contribution >= 4 is 23.3 Å². The first kappa shape index (κ1) is 23.1. The topological polar surface area (TPSA) is 95.6 Å². The fraction of sp³-hybridized carbons (Fsp3) is 0.400. The molecule has 0 fully saturated rings. The van der Waals surface area contributed by atoms with Crippen molar-refractivity contribution in [1.82, 2.24) is 25.3 Å². The highest BCUT2D eigenvalue weighted by atomic mass is 19.4. The van der Waals surface area contributed by atoms with Gasteiger partial charge >= 0.3 is 6.18 Å². The Bertz CT molecular complexity index is 968. The molecular weight excluding hydrogens is 397 g/mol. The number of amides is 1. The molecule has 0 unspecified atom stereocenters. The lowest BCUT2D eigenvalue weighted by Gasteiger charge is -2.31. The first-order chi connectivity index (χ1) is 14.0. The second-order valence-corrected chi connectivity index (χ2v) is 7.48. The Morgan fingerprint density at radius 2 is 1.90 bits per heavy atom. The van der Waals surface area contributed by atoms with E-state index in [-0.39, 0.29) is 11.9 Å². The van der Waals surface area contributed by atoms with Crippen LogP contribution in [-0.2, 0) is 4.79 Å². The number of hydrogen-bond acceptors (Lipinski definition) is 5. The summed E-state index contributed by atoms with van der Waals surface area (Å²) in [4.78, 5) is 25.8. The molecule has 1 amide bonds. The number of fused-ring (bicyclic) bond motifs is 1. The van der Waals surface area contributed by atoms with Crippen LogP contribution in [0.2, 0.25) is 0 Å². The summed E-state index contributed by atoms with van der Waals surface area (Å²) in [5.41, 5.74) is 1.78. The van der Waals surface area contributed by atoms with Gasteiger partial charge in [-0.1, -0.05) is 13.8 Å². The second kappa shape index (κ2) is 9.55. The average Bonchev–Trinajstić information content (AvgIpc) is 3.10. The number of anilines is 1. The molecule has 0 aliphatic heterocycles. The van der Waals surface area contributed by atoms with Gasteiger partial charge in [-0.2, -0.15) is 13.2 Å². The number of rotatable bonds is 6. The van der Waals surface area contributed by atoms with Crippen LogP contribution in [0.1, 0.15) is 27.7 Å². The molecule has 0 saturated heterocycles. The minimum atomic E-state index is -4.29. The third kappa shape index (κ3) is 6.43. The fourth-order valence-electron chi connectivity index (χ4n) is 2.33. The van der Waals surface area contributed by atoms with E-state index in [4.69, 9.17) is 0 Å². The Balaban J connectivity index is 0.000000343. The van der Waals surface area contributed by atoms with E-state index in [2.05, 4.69) is 52.9 Å². The Labute approximate surface area is 172 Å². The maximum atomic E-state index is 11.0. The number of alkyl halides is 3. The van der Waals surface area contributed by atoms with Crippen LogP contribution < -0.4 is 10.6 Å². The molecule has 3 aromatic heterocycles. The SMILES string of the molecule is CC(C)C(C)(C)Nc1ccnc(-c2c[nH]c3ncccc23)n1.O=CNCC(F)(F)F. The molecular formula is C20H25F3N6O. The molecule has 10 heteroatoms. The summed E-state index contributed by atoms with van der Waals surface area (Å²) in [6.45, 7) is 7.49. The average molecular weight is 422 g/mol. The number of aromatic amines is 1. The van der Waals surface area contributed by atoms with Crippen LogP contribution in [0.15, 0.2) is 36.8 Å². The van der Waals surface area contributed by atoms with E-state index in [9.17, 15) is 18.0 Å². The number of carbonyl (C=O) groups excluding carboxylic acids is 1. The number of hydrogen-bond donors (Lipinski definition) is 3. The van der Waals surface area contributed by atoms with Crippen LogP contribution in [0.3, 0.4) is 0 Å². The van der Waals surface area contributed by atoms with E-state index in [1.807, 2.05) is 24.4 Å². The number of nitrogens with one attached hydrogen (secondary N) is 3. The predicted octanol–water partition coefficient (Wildman–Crippen LogP) is 4.16. The van der Waals surface area contributed by atoms with E-state index in [1.165, 1.54) is 5.32 Å². The third-order valence-corrected chi connectivity index (χ3v) is 4.63. The Kier molecular flexibility index (Phi) is 7.36. The quantitative estimate of drug-likeness (QED) is 0.519. The van der Waals surface area contributed by atoms with E-state index in [0.717, 1.165) is 22.4 Å². The lowest BCUT2D eigenvalue weighted by atomic mass is 9.91. The van der Waals surface area contributed by atoms with Gasteiger partial charge in [0.2, 0.25) is 6.41 Å². The van der Waals surface area contributed by atoms with Crippen LogP contribution in [0.5, 0.6) is 0 Å². The molecule has 0 radical (unpaired) electrons. The molecule has 0 aromatic carbocycles. The Hall–Kier alpha value is -3.17. The van der Waals surface area contributed by atoms with Crippen LogP contribution in [0.4, 0.5) is 19.0 Å². The van der Waals surface area contributed by atoms with E-state index in [1.54, 1.807) is 12.4 Å². The lowest BCUT2D eigenvalue weighted by Crippen LogP contribution is -2.37. The van der Waals surface area contributed by atoms with Gasteiger partial charge in [-0.3, -0.25) is 4.79 Å². The molecule has 3 rings (SSSR count). The minimum absolute atomic E-state index is 0.00743. The molecule has 0 aliphatic rings. The summed E-state index contributed by atoms with van der Waals surface area (Å²) in [6.07, 6.45) is 1.18. The summed E-state index contributed by atoms with van der Waals surface area (Å²) in [5.74, 6) is 2.02.